The molecule has 4 N–H and O–H groups in total. The fourth-order valence-corrected chi connectivity index (χ4v) is 0.929. The molecule has 1 aromatic rings. The highest BCUT2D eigenvalue weighted by molar-refractivity contribution is 5.94. The van der Waals surface area contributed by atoms with E-state index >= 15 is 0 Å². The zero-order valence-corrected chi connectivity index (χ0v) is 8.66. The molecule has 0 bridgehead atoms. The number of carbonyl (C=O) groups is 1. The molecule has 0 aliphatic carbocycles. The van der Waals surface area contributed by atoms with E-state index in [1.54, 1.807) is 12.3 Å². The number of amides is 1. The van der Waals surface area contributed by atoms with Crippen molar-refractivity contribution < 1.29 is 4.79 Å². The van der Waals surface area contributed by atoms with Gasteiger partial charge in [0, 0.05) is 6.07 Å². The van der Waals surface area contributed by atoms with Crippen molar-refractivity contribution in [3.05, 3.63) is 12.3 Å². The van der Waals surface area contributed by atoms with Gasteiger partial charge in [-0.05, 0) is 5.41 Å². The summed E-state index contributed by atoms with van der Waals surface area (Å²) in [6, 6.07) is 1.14. The van der Waals surface area contributed by atoms with E-state index in [1.165, 1.54) is 0 Å². The number of carbonyl (C=O) groups excluding carboxylic acids is 1. The van der Waals surface area contributed by atoms with E-state index in [2.05, 4.69) is 15.5 Å². The maximum Gasteiger partial charge on any atom is 0.242 e. The number of anilines is 1. The molecule has 0 radical (unpaired) electrons. The van der Waals surface area contributed by atoms with Crippen molar-refractivity contribution in [1.29, 1.82) is 0 Å². The van der Waals surface area contributed by atoms with Crippen LogP contribution in [-0.4, -0.2) is 22.1 Å². The minimum Gasteiger partial charge on any atom is -0.319 e. The Labute approximate surface area is 83.1 Å². The third kappa shape index (κ3) is 2.56. The molecule has 1 atom stereocenters. The van der Waals surface area contributed by atoms with Gasteiger partial charge in [-0.15, -0.1) is 0 Å². The lowest BCUT2D eigenvalue weighted by atomic mass is 9.87. The van der Waals surface area contributed by atoms with E-state index in [0.717, 1.165) is 0 Å². The third-order valence-electron chi connectivity index (χ3n) is 1.97. The molecule has 1 rings (SSSR count). The third-order valence-corrected chi connectivity index (χ3v) is 1.97. The minimum atomic E-state index is -0.536. The van der Waals surface area contributed by atoms with Gasteiger partial charge in [0.15, 0.2) is 0 Å². The summed E-state index contributed by atoms with van der Waals surface area (Å²) in [5.41, 5.74) is 5.52. The molecule has 0 aliphatic heterocycles. The van der Waals surface area contributed by atoms with Crippen molar-refractivity contribution in [2.45, 2.75) is 26.8 Å². The summed E-state index contributed by atoms with van der Waals surface area (Å²) in [4.78, 5) is 11.6. The predicted octanol–water partition coefficient (Wildman–Crippen LogP) is 0.722. The molecule has 5 nitrogen and oxygen atoms in total. The van der Waals surface area contributed by atoms with Gasteiger partial charge in [0.2, 0.25) is 5.91 Å². The molecule has 1 amide bonds. The Bertz CT molecular complexity index is 299. The van der Waals surface area contributed by atoms with Crippen LogP contribution in [0, 0.1) is 5.41 Å². The number of hydrogen-bond acceptors (Lipinski definition) is 3. The van der Waals surface area contributed by atoms with Crippen molar-refractivity contribution in [3.63, 3.8) is 0 Å². The summed E-state index contributed by atoms with van der Waals surface area (Å²) in [5, 5.41) is 9.00. The lowest BCUT2D eigenvalue weighted by Crippen LogP contribution is -2.45. The van der Waals surface area contributed by atoms with E-state index < -0.39 is 6.04 Å². The maximum absolute atomic E-state index is 11.6. The van der Waals surface area contributed by atoms with Crippen LogP contribution in [0.1, 0.15) is 20.8 Å². The maximum atomic E-state index is 11.6. The van der Waals surface area contributed by atoms with Crippen LogP contribution in [-0.2, 0) is 4.79 Å². The van der Waals surface area contributed by atoms with Crippen molar-refractivity contribution in [2.75, 3.05) is 5.32 Å². The van der Waals surface area contributed by atoms with Crippen molar-refractivity contribution in [1.82, 2.24) is 10.2 Å². The SMILES string of the molecule is CC(C)(C)[C@@H](N)C(=O)Nc1ccn[nH]1. The Morgan fingerprint density at radius 3 is 2.71 bits per heavy atom. The summed E-state index contributed by atoms with van der Waals surface area (Å²) in [5.74, 6) is 0.358. The highest BCUT2D eigenvalue weighted by Crippen LogP contribution is 2.18. The lowest BCUT2D eigenvalue weighted by Gasteiger charge is -2.25. The second kappa shape index (κ2) is 3.79. The molecule has 0 saturated carbocycles. The summed E-state index contributed by atoms with van der Waals surface area (Å²) in [6.07, 6.45) is 1.57. The van der Waals surface area contributed by atoms with Crippen LogP contribution in [0.3, 0.4) is 0 Å². The van der Waals surface area contributed by atoms with Gasteiger partial charge in [-0.2, -0.15) is 5.10 Å². The van der Waals surface area contributed by atoms with Crippen molar-refractivity contribution in [2.24, 2.45) is 11.1 Å². The standard InChI is InChI=1S/C9H16N4O/c1-9(2,3)7(10)8(14)12-6-4-5-11-13-6/h4-5,7H,10H2,1-3H3,(H2,11,12,13,14)/t7-/m0/s1. The molecule has 0 unspecified atom stereocenters. The highest BCUT2D eigenvalue weighted by Gasteiger charge is 2.27. The van der Waals surface area contributed by atoms with Gasteiger partial charge in [0.25, 0.3) is 0 Å². The Kier molecular flexibility index (Phi) is 2.90. The molecule has 0 aromatic carbocycles. The smallest absolute Gasteiger partial charge is 0.242 e. The monoisotopic (exact) mass is 196 g/mol. The van der Waals surface area contributed by atoms with Gasteiger partial charge in [0.05, 0.1) is 12.2 Å². The van der Waals surface area contributed by atoms with Crippen LogP contribution in [0.4, 0.5) is 5.82 Å². The van der Waals surface area contributed by atoms with E-state index in [-0.39, 0.29) is 11.3 Å². The van der Waals surface area contributed by atoms with Crippen LogP contribution in [0.5, 0.6) is 0 Å². The molecular weight excluding hydrogens is 180 g/mol. The zero-order chi connectivity index (χ0) is 10.8. The summed E-state index contributed by atoms with van der Waals surface area (Å²) < 4.78 is 0. The number of nitrogens with one attached hydrogen (secondary N) is 2. The summed E-state index contributed by atoms with van der Waals surface area (Å²) in [6.45, 7) is 5.76. The van der Waals surface area contributed by atoms with Gasteiger partial charge < -0.3 is 11.1 Å². The molecule has 1 heterocycles. The number of nitrogens with zero attached hydrogens (tertiary/aromatic N) is 1. The van der Waals surface area contributed by atoms with Crippen LogP contribution in [0.25, 0.3) is 0 Å². The Balaban J connectivity index is 2.59. The number of aromatic amines is 1. The van der Waals surface area contributed by atoms with E-state index in [4.69, 9.17) is 5.73 Å². The molecule has 78 valence electrons. The number of hydrogen-bond donors (Lipinski definition) is 3. The van der Waals surface area contributed by atoms with Crippen molar-refractivity contribution >= 4 is 11.7 Å². The zero-order valence-electron chi connectivity index (χ0n) is 8.66. The van der Waals surface area contributed by atoms with E-state index in [0.29, 0.717) is 5.82 Å². The van der Waals surface area contributed by atoms with Gasteiger partial charge >= 0.3 is 0 Å². The number of rotatable bonds is 2. The largest absolute Gasteiger partial charge is 0.319 e. The molecule has 1 aromatic heterocycles. The van der Waals surface area contributed by atoms with Gasteiger partial charge in [-0.1, -0.05) is 20.8 Å². The average molecular weight is 196 g/mol. The van der Waals surface area contributed by atoms with Gasteiger partial charge in [-0.25, -0.2) is 0 Å². The first-order chi connectivity index (χ1) is 6.41. The van der Waals surface area contributed by atoms with E-state index in [9.17, 15) is 4.79 Å². The average Bonchev–Trinajstić information content (AvgIpc) is 2.53. The first-order valence-electron chi connectivity index (χ1n) is 4.47. The Hall–Kier alpha value is -1.36. The predicted molar refractivity (Wildman–Crippen MR) is 54.6 cm³/mol. The molecule has 14 heavy (non-hydrogen) atoms. The second-order valence-corrected chi connectivity index (χ2v) is 4.30. The number of H-pyrrole nitrogens is 1. The quantitative estimate of drug-likeness (QED) is 0.651. The van der Waals surface area contributed by atoms with Crippen LogP contribution in [0.2, 0.25) is 0 Å². The molecular formula is C9H16N4O. The fraction of sp³-hybridized carbons (Fsp3) is 0.556. The van der Waals surface area contributed by atoms with E-state index in [1.807, 2.05) is 20.8 Å². The van der Waals surface area contributed by atoms with Crippen LogP contribution in [0.15, 0.2) is 12.3 Å². The van der Waals surface area contributed by atoms with Crippen LogP contribution < -0.4 is 11.1 Å². The molecule has 0 aliphatic rings. The molecule has 0 saturated heterocycles. The topological polar surface area (TPSA) is 83.8 Å². The van der Waals surface area contributed by atoms with Gasteiger partial charge in [0.1, 0.15) is 5.82 Å². The Morgan fingerprint density at radius 1 is 1.64 bits per heavy atom. The molecule has 0 fully saturated rings. The Morgan fingerprint density at radius 2 is 2.29 bits per heavy atom. The number of nitrogens with two attached hydrogens (primary N) is 1. The normalized spacial score (nSPS) is 13.7. The first kappa shape index (κ1) is 10.7. The summed E-state index contributed by atoms with van der Waals surface area (Å²) in [7, 11) is 0. The molecule has 5 heteroatoms. The minimum absolute atomic E-state index is 0.207. The lowest BCUT2D eigenvalue weighted by molar-refractivity contribution is -0.119. The summed E-state index contributed by atoms with van der Waals surface area (Å²) >= 11 is 0. The highest BCUT2D eigenvalue weighted by atomic mass is 16.2. The number of aromatic nitrogens is 2. The first-order valence-corrected chi connectivity index (χ1v) is 4.47. The van der Waals surface area contributed by atoms with Crippen molar-refractivity contribution in [3.8, 4) is 0 Å². The van der Waals surface area contributed by atoms with Gasteiger partial charge in [-0.3, -0.25) is 9.89 Å². The molecule has 0 spiro atoms. The fourth-order valence-electron chi connectivity index (χ4n) is 0.929. The second-order valence-electron chi connectivity index (χ2n) is 4.30. The van der Waals surface area contributed by atoms with Crippen LogP contribution >= 0.6 is 0 Å².